The molecular weight excluding hydrogens is 298 g/mol. The largest absolute Gasteiger partial charge is 0.365 e. The van der Waals surface area contributed by atoms with Gasteiger partial charge in [-0.3, -0.25) is 10.1 Å². The van der Waals surface area contributed by atoms with Gasteiger partial charge in [-0.25, -0.2) is 0 Å². The number of carbonyl (C=O) groups is 1. The predicted octanol–water partition coefficient (Wildman–Crippen LogP) is 3.88. The molecule has 2 aromatic rings. The van der Waals surface area contributed by atoms with Crippen molar-refractivity contribution in [1.29, 1.82) is 0 Å². The van der Waals surface area contributed by atoms with Gasteiger partial charge in [-0.05, 0) is 40.2 Å². The molecule has 1 N–H and O–H groups in total. The smallest absolute Gasteiger partial charge is 0.133 e. The molecule has 3 heteroatoms. The number of benzene rings is 2. The molecular formula is C21H23NO2. The van der Waals surface area contributed by atoms with E-state index in [1.807, 2.05) is 0 Å². The van der Waals surface area contributed by atoms with Crippen LogP contribution in [0.2, 0.25) is 0 Å². The second kappa shape index (κ2) is 6.88. The summed E-state index contributed by atoms with van der Waals surface area (Å²) < 4.78 is 4.83. The normalized spacial score (nSPS) is 24.9. The maximum absolute atomic E-state index is 11.6. The second-order valence-electron chi connectivity index (χ2n) is 6.75. The second-order valence-corrected chi connectivity index (χ2v) is 6.75. The first-order chi connectivity index (χ1) is 11.8. The number of rotatable bonds is 0. The maximum Gasteiger partial charge on any atom is 0.133 e. The van der Waals surface area contributed by atoms with Gasteiger partial charge in [0.05, 0.1) is 13.3 Å². The van der Waals surface area contributed by atoms with E-state index in [1.54, 1.807) is 0 Å². The van der Waals surface area contributed by atoms with Gasteiger partial charge in [0.15, 0.2) is 0 Å². The average molecular weight is 321 g/mol. The van der Waals surface area contributed by atoms with Crippen molar-refractivity contribution in [2.24, 2.45) is 5.92 Å². The van der Waals surface area contributed by atoms with Crippen molar-refractivity contribution >= 4 is 22.6 Å². The molecule has 2 aromatic carbocycles. The van der Waals surface area contributed by atoms with E-state index in [-0.39, 0.29) is 0 Å². The molecule has 0 radical (unpaired) electrons. The quantitative estimate of drug-likeness (QED) is 0.800. The van der Waals surface area contributed by atoms with Crippen molar-refractivity contribution in [3.63, 3.8) is 0 Å². The van der Waals surface area contributed by atoms with Crippen LogP contribution in [0.5, 0.6) is 0 Å². The number of Topliss-reactive ketones (excluding diaryl/α,β-unsaturated/α-hetero) is 1. The van der Waals surface area contributed by atoms with E-state index in [2.05, 4.69) is 53.9 Å². The van der Waals surface area contributed by atoms with E-state index in [0.717, 1.165) is 39.1 Å². The molecule has 0 aromatic heterocycles. The number of carbonyl (C=O) groups excluding carboxylic acids is 1. The summed E-state index contributed by atoms with van der Waals surface area (Å²) >= 11 is 0. The molecule has 2 atom stereocenters. The number of hydrogen-bond acceptors (Lipinski definition) is 3. The van der Waals surface area contributed by atoms with Crippen molar-refractivity contribution in [3.05, 3.63) is 53.6 Å². The molecule has 0 bridgehead atoms. The molecule has 124 valence electrons. The third kappa shape index (κ3) is 3.02. The van der Waals surface area contributed by atoms with Crippen LogP contribution in [-0.2, 0) is 9.53 Å². The molecule has 1 saturated carbocycles. The highest BCUT2D eigenvalue weighted by Gasteiger charge is 2.32. The van der Waals surface area contributed by atoms with E-state index in [9.17, 15) is 4.79 Å². The number of allylic oxidation sites excluding steroid dienone is 1. The molecule has 2 unspecified atom stereocenters. The van der Waals surface area contributed by atoms with Gasteiger partial charge in [0, 0.05) is 19.4 Å². The van der Waals surface area contributed by atoms with Crippen molar-refractivity contribution in [1.82, 2.24) is 5.32 Å². The first-order valence-corrected chi connectivity index (χ1v) is 8.83. The van der Waals surface area contributed by atoms with Gasteiger partial charge in [-0.2, -0.15) is 0 Å². The van der Waals surface area contributed by atoms with Crippen LogP contribution in [0.4, 0.5) is 0 Å². The summed E-state index contributed by atoms with van der Waals surface area (Å²) in [5.41, 5.74) is 2.81. The Morgan fingerprint density at radius 2 is 2.04 bits per heavy atom. The van der Waals surface area contributed by atoms with Crippen LogP contribution in [0.25, 0.3) is 16.8 Å². The highest BCUT2D eigenvalue weighted by molar-refractivity contribution is 5.93. The van der Waals surface area contributed by atoms with E-state index in [0.29, 0.717) is 17.6 Å². The van der Waals surface area contributed by atoms with Gasteiger partial charge in [-0.1, -0.05) is 48.6 Å². The highest BCUT2D eigenvalue weighted by Crippen LogP contribution is 2.44. The first kappa shape index (κ1) is 15.6. The number of ketones is 1. The molecule has 0 spiro atoms. The van der Waals surface area contributed by atoms with Crippen LogP contribution >= 0.6 is 0 Å². The number of hydrogen-bond donors (Lipinski definition) is 1. The molecule has 1 saturated heterocycles. The van der Waals surface area contributed by atoms with Crippen LogP contribution in [0.15, 0.2) is 42.5 Å². The minimum Gasteiger partial charge on any atom is -0.365 e. The van der Waals surface area contributed by atoms with Crippen molar-refractivity contribution < 1.29 is 9.53 Å². The van der Waals surface area contributed by atoms with E-state index in [4.69, 9.17) is 4.74 Å². The Bertz CT molecular complexity index is 769. The molecule has 3 aliphatic rings. The van der Waals surface area contributed by atoms with E-state index >= 15 is 0 Å². The minimum absolute atomic E-state index is 0.426. The number of ether oxygens (including phenoxy) is 1. The van der Waals surface area contributed by atoms with Crippen molar-refractivity contribution in [2.75, 3.05) is 19.9 Å². The van der Waals surface area contributed by atoms with Gasteiger partial charge in [0.25, 0.3) is 0 Å². The summed E-state index contributed by atoms with van der Waals surface area (Å²) in [6.07, 6.45) is 6.99. The Morgan fingerprint density at radius 3 is 2.83 bits per heavy atom. The third-order valence-corrected chi connectivity index (χ3v) is 5.26. The first-order valence-electron chi connectivity index (χ1n) is 8.83. The fourth-order valence-electron chi connectivity index (χ4n) is 4.03. The molecule has 5 rings (SSSR count). The molecule has 24 heavy (non-hydrogen) atoms. The van der Waals surface area contributed by atoms with Gasteiger partial charge in [0.1, 0.15) is 5.78 Å². The lowest BCUT2D eigenvalue weighted by Crippen LogP contribution is -2.24. The molecule has 3 nitrogen and oxygen atoms in total. The standard InChI is InChI=1S/C18H16O.C3H7NO/c19-14-7-10-16-13(11-14)6-9-17-15-4-2-1-3-12(15)5-8-18(16)17;1-2-5-3-4-1/h1-6,8-9,13,16H,7,10-11H2;4H,1-3H2. The van der Waals surface area contributed by atoms with Gasteiger partial charge < -0.3 is 4.74 Å². The fraction of sp³-hybridized carbons (Fsp3) is 0.381. The summed E-state index contributed by atoms with van der Waals surface area (Å²) in [6, 6.07) is 13.1. The van der Waals surface area contributed by atoms with Crippen LogP contribution in [-0.4, -0.2) is 25.7 Å². The SMILES string of the molecule is C1COCN1.O=C1CCC2c3ccc4ccccc4c3C=CC2C1. The number of nitrogens with one attached hydrogen (secondary N) is 1. The number of fused-ring (bicyclic) bond motifs is 5. The Morgan fingerprint density at radius 1 is 1.12 bits per heavy atom. The summed E-state index contributed by atoms with van der Waals surface area (Å²) in [7, 11) is 0. The summed E-state index contributed by atoms with van der Waals surface area (Å²) in [5, 5.41) is 5.64. The van der Waals surface area contributed by atoms with Gasteiger partial charge >= 0.3 is 0 Å². The molecule has 1 heterocycles. The van der Waals surface area contributed by atoms with E-state index in [1.165, 1.54) is 21.9 Å². The Kier molecular flexibility index (Phi) is 4.46. The topological polar surface area (TPSA) is 38.3 Å². The van der Waals surface area contributed by atoms with Crippen LogP contribution in [0.3, 0.4) is 0 Å². The Balaban J connectivity index is 0.000000252. The zero-order valence-electron chi connectivity index (χ0n) is 13.8. The molecule has 0 amide bonds. The monoisotopic (exact) mass is 321 g/mol. The Hall–Kier alpha value is -1.97. The highest BCUT2D eigenvalue weighted by atomic mass is 16.5. The average Bonchev–Trinajstić information content (AvgIpc) is 3.21. The van der Waals surface area contributed by atoms with Crippen LogP contribution < -0.4 is 5.32 Å². The molecule has 2 fully saturated rings. The van der Waals surface area contributed by atoms with Gasteiger partial charge in [0.2, 0.25) is 0 Å². The summed E-state index contributed by atoms with van der Waals surface area (Å²) in [4.78, 5) is 11.6. The Labute approximate surface area is 142 Å². The maximum atomic E-state index is 11.6. The predicted molar refractivity (Wildman–Crippen MR) is 96.9 cm³/mol. The van der Waals surface area contributed by atoms with Gasteiger partial charge in [-0.15, -0.1) is 0 Å². The van der Waals surface area contributed by atoms with Crippen molar-refractivity contribution in [2.45, 2.75) is 25.2 Å². The fourth-order valence-corrected chi connectivity index (χ4v) is 4.03. The van der Waals surface area contributed by atoms with Crippen LogP contribution in [0, 0.1) is 5.92 Å². The lowest BCUT2D eigenvalue weighted by molar-refractivity contribution is -0.121. The lowest BCUT2D eigenvalue weighted by Gasteiger charge is -2.33. The zero-order valence-corrected chi connectivity index (χ0v) is 13.8. The minimum atomic E-state index is 0.426. The van der Waals surface area contributed by atoms with E-state index < -0.39 is 0 Å². The van der Waals surface area contributed by atoms with Crippen molar-refractivity contribution in [3.8, 4) is 0 Å². The summed E-state index contributed by atoms with van der Waals surface area (Å²) in [5.74, 6) is 1.40. The molecule has 1 aliphatic heterocycles. The summed E-state index contributed by atoms with van der Waals surface area (Å²) in [6.45, 7) is 2.67. The lowest BCUT2D eigenvalue weighted by atomic mass is 9.70. The zero-order chi connectivity index (χ0) is 16.4. The van der Waals surface area contributed by atoms with Crippen LogP contribution in [0.1, 0.15) is 36.3 Å². The molecule has 2 aliphatic carbocycles. The third-order valence-electron chi connectivity index (χ3n) is 5.26.